The van der Waals surface area contributed by atoms with Gasteiger partial charge >= 0.3 is 179 Å². The van der Waals surface area contributed by atoms with Gasteiger partial charge in [-0.1, -0.05) is 0 Å². The summed E-state index contributed by atoms with van der Waals surface area (Å²) in [6.07, 6.45) is 0. The summed E-state index contributed by atoms with van der Waals surface area (Å²) >= 11 is 4.15. The molecule has 2 saturated heterocycles. The Morgan fingerprint density at radius 1 is 1.04 bits per heavy atom. The Balaban J connectivity index is 1.80. The van der Waals surface area contributed by atoms with Crippen LogP contribution in [0, 0.1) is 0 Å². The second-order valence-electron chi connectivity index (χ2n) is 5.61. The molecule has 4 aliphatic rings. The molecule has 1 aliphatic carbocycles. The van der Waals surface area contributed by atoms with Gasteiger partial charge in [0.05, 0.1) is 0 Å². The summed E-state index contributed by atoms with van der Waals surface area (Å²) in [7, 11) is 3.78. The molecule has 0 bridgehead atoms. The number of aromatic hydroxyl groups is 1. The summed E-state index contributed by atoms with van der Waals surface area (Å²) in [6.45, 7) is 0. The molecule has 132 valence electrons. The Morgan fingerprint density at radius 2 is 1.77 bits per heavy atom. The fourth-order valence-electron chi connectivity index (χ4n) is 2.95. The summed E-state index contributed by atoms with van der Waals surface area (Å²) < 4.78 is 8.94. The van der Waals surface area contributed by atoms with E-state index in [0.29, 0.717) is 17.0 Å². The Bertz CT molecular complexity index is 1020. The number of rotatable bonds is 2. The molecule has 0 saturated carbocycles. The Morgan fingerprint density at radius 3 is 2.46 bits per heavy atom. The molecule has 1 aromatic carbocycles. The van der Waals surface area contributed by atoms with Crippen molar-refractivity contribution < 1.29 is 9.52 Å². The van der Waals surface area contributed by atoms with E-state index in [2.05, 4.69) is 0 Å². The number of phenolic OH excluding ortho intramolecular Hbond substituents is 1. The molecule has 0 amide bonds. The van der Waals surface area contributed by atoms with Gasteiger partial charge in [-0.2, -0.15) is 0 Å². The van der Waals surface area contributed by atoms with Gasteiger partial charge in [0, 0.05) is 0 Å². The molecular weight excluding hydrogens is 532 g/mol. The molecule has 2 fully saturated rings. The van der Waals surface area contributed by atoms with Crippen LogP contribution in [-0.2, 0) is 0 Å². The van der Waals surface area contributed by atoms with Gasteiger partial charge in [0.25, 0.3) is 0 Å². The molecule has 0 spiro atoms. The van der Waals surface area contributed by atoms with E-state index in [1.165, 1.54) is 0 Å². The van der Waals surface area contributed by atoms with E-state index in [0.717, 1.165) is 25.7 Å². The number of aromatic nitrogens is 1. The van der Waals surface area contributed by atoms with Gasteiger partial charge < -0.3 is 0 Å². The van der Waals surface area contributed by atoms with Crippen LogP contribution in [-0.4, -0.2) is 48.4 Å². The van der Waals surface area contributed by atoms with Crippen molar-refractivity contribution in [1.82, 2.24) is 4.98 Å². The predicted octanol–water partition coefficient (Wildman–Crippen LogP) is 4.11. The van der Waals surface area contributed by atoms with Crippen molar-refractivity contribution in [3.05, 3.63) is 45.6 Å². The van der Waals surface area contributed by atoms with Gasteiger partial charge in [-0.15, -0.1) is 0 Å². The molecule has 3 heterocycles. The van der Waals surface area contributed by atoms with E-state index in [1.807, 2.05) is 43.6 Å². The predicted molar refractivity (Wildman–Crippen MR) is 116 cm³/mol. The second kappa shape index (κ2) is 7.53. The zero-order valence-electron chi connectivity index (χ0n) is 13.1. The maximum absolute atomic E-state index is 12.6. The van der Waals surface area contributed by atoms with Gasteiger partial charge in [-0.3, -0.25) is 0 Å². The van der Waals surface area contributed by atoms with Crippen molar-refractivity contribution in [2.45, 2.75) is 9.16 Å². The number of thioether (sulfide) groups is 2. The van der Waals surface area contributed by atoms with Crippen LogP contribution in [0.2, 0.25) is 0 Å². The first kappa shape index (κ1) is 18.2. The fourth-order valence-corrected chi connectivity index (χ4v) is 21.8. The summed E-state index contributed by atoms with van der Waals surface area (Å²) in [5.41, 5.74) is 3.64. The van der Waals surface area contributed by atoms with Gasteiger partial charge in [0.1, 0.15) is 0 Å². The molecular formula is C16H11As2NO3S4. The number of hydrogen-bond acceptors (Lipinski definition) is 8. The van der Waals surface area contributed by atoms with Gasteiger partial charge in [-0.05, 0) is 0 Å². The van der Waals surface area contributed by atoms with Crippen LogP contribution < -0.4 is 5.43 Å². The van der Waals surface area contributed by atoms with E-state index in [9.17, 15) is 9.90 Å². The standard InChI is InChI=1S/C16H11As2NO3S4/c20-9-3-1-7-13(11(9)15-23-5-17-25-15)22-14-8(19-7)2-4-10(21)12(14)16-24-6-18-26-16/h1-4,15-16,20H,5-6H2. The first-order valence-electron chi connectivity index (χ1n) is 7.70. The van der Waals surface area contributed by atoms with Crippen molar-refractivity contribution in [2.24, 2.45) is 0 Å². The summed E-state index contributed by atoms with van der Waals surface area (Å²) in [4.78, 5) is 17.4. The van der Waals surface area contributed by atoms with Crippen LogP contribution in [0.4, 0.5) is 0 Å². The van der Waals surface area contributed by atoms with Crippen molar-refractivity contribution in [3.8, 4) is 17.2 Å². The topological polar surface area (TPSA) is 63.3 Å². The van der Waals surface area contributed by atoms with E-state index in [-0.39, 0.29) is 49.5 Å². The van der Waals surface area contributed by atoms with Gasteiger partial charge in [-0.25, -0.2) is 0 Å². The number of phenols is 1. The molecule has 5 rings (SSSR count). The van der Waals surface area contributed by atoms with Crippen LogP contribution in [0.25, 0.3) is 22.6 Å². The SMILES string of the molecule is O=c1ccc2nc3ccc(O)c(C4SC[As]S4)c3oc-2c1C1SC[As]S1. The normalized spacial score (nSPS) is 25.1. The Labute approximate surface area is 178 Å². The van der Waals surface area contributed by atoms with Crippen molar-refractivity contribution in [2.75, 3.05) is 9.08 Å². The zero-order chi connectivity index (χ0) is 17.7. The molecule has 10 heteroatoms. The Hall–Kier alpha value is 0.157. The molecule has 1 N–H and O–H groups in total. The maximum atomic E-state index is 12.6. The Kier molecular flexibility index (Phi) is 5.27. The molecule has 0 aromatic heterocycles. The molecule has 1 aromatic rings. The number of benzene rings is 2. The molecule has 4 nitrogen and oxygen atoms in total. The van der Waals surface area contributed by atoms with Crippen molar-refractivity contribution >= 4 is 83.9 Å². The summed E-state index contributed by atoms with van der Waals surface area (Å²) in [6, 6.07) is 6.86. The number of hydrogen-bond donors (Lipinski definition) is 1. The van der Waals surface area contributed by atoms with Crippen LogP contribution in [0.15, 0.2) is 33.5 Å². The van der Waals surface area contributed by atoms with E-state index in [4.69, 9.17) is 9.40 Å². The van der Waals surface area contributed by atoms with Gasteiger partial charge in [0.2, 0.25) is 0 Å². The monoisotopic (exact) mass is 543 g/mol. The average Bonchev–Trinajstić information content (AvgIpc) is 3.34. The van der Waals surface area contributed by atoms with E-state index in [1.54, 1.807) is 24.3 Å². The van der Waals surface area contributed by atoms with Gasteiger partial charge in [0.15, 0.2) is 0 Å². The zero-order valence-corrected chi connectivity index (χ0v) is 20.1. The first-order valence-corrected chi connectivity index (χ1v) is 18.7. The molecule has 2 atom stereocenters. The van der Waals surface area contributed by atoms with Crippen molar-refractivity contribution in [1.29, 1.82) is 0 Å². The average molecular weight is 543 g/mol. The molecule has 3 aliphatic heterocycles. The minimum atomic E-state index is 0.0202. The first-order chi connectivity index (χ1) is 12.7. The molecule has 26 heavy (non-hydrogen) atoms. The number of fused-ring (bicyclic) bond motifs is 2. The third-order valence-electron chi connectivity index (χ3n) is 4.10. The molecule has 2 radical (unpaired) electrons. The third kappa shape index (κ3) is 3.15. The van der Waals surface area contributed by atoms with Crippen LogP contribution in [0.1, 0.15) is 20.3 Å². The van der Waals surface area contributed by atoms with Crippen molar-refractivity contribution in [3.63, 3.8) is 0 Å². The van der Waals surface area contributed by atoms with E-state index >= 15 is 0 Å². The van der Waals surface area contributed by atoms with Crippen LogP contribution in [0.3, 0.4) is 0 Å². The fraction of sp³-hybridized carbons (Fsp3) is 0.250. The van der Waals surface area contributed by atoms with Crippen LogP contribution >= 0.6 is 43.6 Å². The van der Waals surface area contributed by atoms with Crippen LogP contribution in [0.5, 0.6) is 5.75 Å². The quantitative estimate of drug-likeness (QED) is 0.383. The minimum absolute atomic E-state index is 0.0202. The van der Waals surface area contributed by atoms with E-state index < -0.39 is 0 Å². The summed E-state index contributed by atoms with van der Waals surface area (Å²) in [5, 5.41) is 10.5. The third-order valence-corrected chi connectivity index (χ3v) is 21.1. The summed E-state index contributed by atoms with van der Waals surface area (Å²) in [5.74, 6) is 0.844. The second-order valence-corrected chi connectivity index (χ2v) is 19.4. The molecule has 2 unspecified atom stereocenters. The number of nitrogens with zero attached hydrogens (tertiary/aromatic N) is 1.